The van der Waals surface area contributed by atoms with Crippen LogP contribution in [0.3, 0.4) is 0 Å². The zero-order valence-corrected chi connectivity index (χ0v) is 41.0. The van der Waals surface area contributed by atoms with Crippen molar-refractivity contribution in [3.63, 3.8) is 0 Å². The SMILES string of the molecule is CC1(C)C2=[N+]([O-])c3c(ccc4c3C=CC3(CCCC3)O4)C2=C[C@@]23NC(=O)[C@]4(CCCN4C2=O)CC13.CC1(C)C2=[N+]([O-])c3c(ccc4c3C=CC3(CCCCC3)O4)C2=C[C@@]23NC(=O)[C@]4(CCCN4C2=O)CC13. The Morgan fingerprint density at radius 1 is 0.563 bits per heavy atom. The zero-order chi connectivity index (χ0) is 48.6. The molecule has 0 radical (unpaired) electrons. The molecule has 71 heavy (non-hydrogen) atoms. The minimum atomic E-state index is -1.11. The number of carbonyl (C=O) groups is 4. The molecule has 8 saturated heterocycles. The van der Waals surface area contributed by atoms with Gasteiger partial charge in [-0.15, -0.1) is 0 Å². The molecule has 2 aromatic carbocycles. The van der Waals surface area contributed by atoms with E-state index in [4.69, 9.17) is 9.47 Å². The van der Waals surface area contributed by atoms with Crippen molar-refractivity contribution >= 4 is 69.7 Å². The molecule has 0 aromatic heterocycles. The predicted molar refractivity (Wildman–Crippen MR) is 265 cm³/mol. The van der Waals surface area contributed by atoms with Gasteiger partial charge in [0.1, 0.15) is 44.9 Å². The van der Waals surface area contributed by atoms with Crippen molar-refractivity contribution in [3.05, 3.63) is 81.2 Å². The summed E-state index contributed by atoms with van der Waals surface area (Å²) in [5.74, 6) is 1.06. The Labute approximate surface area is 412 Å². The van der Waals surface area contributed by atoms with Crippen LogP contribution in [0.1, 0.15) is 146 Å². The van der Waals surface area contributed by atoms with Crippen LogP contribution in [0, 0.1) is 33.1 Å². The van der Waals surface area contributed by atoms with Gasteiger partial charge in [-0.1, -0.05) is 6.42 Å². The number of nitrogens with zero attached hydrogens (tertiary/aromatic N) is 4. The van der Waals surface area contributed by atoms with Crippen molar-refractivity contribution < 1.29 is 38.1 Å². The molecule has 6 spiro atoms. The van der Waals surface area contributed by atoms with Crippen LogP contribution < -0.4 is 20.1 Å². The van der Waals surface area contributed by atoms with Crippen LogP contribution in [0.2, 0.25) is 0 Å². The highest BCUT2D eigenvalue weighted by atomic mass is 16.5. The van der Waals surface area contributed by atoms with E-state index in [9.17, 15) is 29.6 Å². The summed E-state index contributed by atoms with van der Waals surface area (Å²) in [6.07, 6.45) is 26.4. The highest BCUT2D eigenvalue weighted by molar-refractivity contribution is 6.31. The van der Waals surface area contributed by atoms with E-state index in [1.54, 1.807) is 0 Å². The number of fused-ring (bicyclic) bond motifs is 12. The van der Waals surface area contributed by atoms with Crippen LogP contribution in [0.5, 0.6) is 11.5 Å². The lowest BCUT2D eigenvalue weighted by Crippen LogP contribution is -2.83. The number of allylic oxidation sites excluding steroid dienone is 2. The molecule has 2 N–H and O–H groups in total. The Kier molecular flexibility index (Phi) is 7.82. The predicted octanol–water partition coefficient (Wildman–Crippen LogP) is 7.74. The average molecular weight is 957 g/mol. The Hall–Kier alpha value is -6.18. The van der Waals surface area contributed by atoms with E-state index in [-0.39, 0.29) is 46.7 Å². The van der Waals surface area contributed by atoms with Crippen LogP contribution in [0.4, 0.5) is 11.4 Å². The fourth-order valence-electron chi connectivity index (χ4n) is 17.3. The van der Waals surface area contributed by atoms with Gasteiger partial charge in [0.15, 0.2) is 0 Å². The molecule has 6 atom stereocenters. The molecule has 2 unspecified atom stereocenters. The third kappa shape index (κ3) is 4.83. The molecule has 16 aliphatic rings. The number of ether oxygens (including phenoxy) is 2. The molecular weight excluding hydrogens is 897 g/mol. The van der Waals surface area contributed by atoms with Crippen LogP contribution >= 0.6 is 0 Å². The summed E-state index contributed by atoms with van der Waals surface area (Å²) < 4.78 is 15.2. The van der Waals surface area contributed by atoms with Gasteiger partial charge in [0.2, 0.25) is 34.6 Å². The first-order valence-electron chi connectivity index (χ1n) is 26.5. The Bertz CT molecular complexity index is 3160. The van der Waals surface area contributed by atoms with Gasteiger partial charge in [-0.3, -0.25) is 19.2 Å². The molecule has 2 aromatic rings. The molecule has 18 rings (SSSR count). The molecule has 12 heterocycles. The maximum Gasteiger partial charge on any atom is 0.253 e. The number of piperidine rings is 4. The van der Waals surface area contributed by atoms with Crippen molar-refractivity contribution in [2.24, 2.45) is 22.7 Å². The number of benzene rings is 2. The fraction of sp³-hybridized carbons (Fsp3) is 0.544. The third-order valence-electron chi connectivity index (χ3n) is 20.7. The van der Waals surface area contributed by atoms with Crippen molar-refractivity contribution in [2.45, 2.75) is 157 Å². The average Bonchev–Trinajstić information content (AvgIpc) is 4.19. The maximum absolute atomic E-state index is 14.1. The van der Waals surface area contributed by atoms with Crippen molar-refractivity contribution in [1.82, 2.24) is 20.4 Å². The topological polar surface area (TPSA) is 169 Å². The summed E-state index contributed by atoms with van der Waals surface area (Å²) in [4.78, 5) is 58.3. The normalized spacial score (nSPS) is 36.2. The van der Waals surface area contributed by atoms with E-state index in [0.29, 0.717) is 61.6 Å². The second-order valence-electron chi connectivity index (χ2n) is 24.7. The quantitative estimate of drug-likeness (QED) is 0.200. The van der Waals surface area contributed by atoms with Gasteiger partial charge in [0.05, 0.1) is 44.2 Å². The van der Waals surface area contributed by atoms with Crippen molar-refractivity contribution in [1.29, 1.82) is 0 Å². The Balaban J connectivity index is 0.000000127. The number of hydrogen-bond donors (Lipinski definition) is 2. The minimum absolute atomic E-state index is 0.0122. The minimum Gasteiger partial charge on any atom is -0.618 e. The lowest BCUT2D eigenvalue weighted by Gasteiger charge is -2.62. The highest BCUT2D eigenvalue weighted by Gasteiger charge is 2.76. The number of hydrogen-bond acceptors (Lipinski definition) is 8. The van der Waals surface area contributed by atoms with Gasteiger partial charge < -0.3 is 40.3 Å². The molecule has 10 fully saturated rings. The fourth-order valence-corrected chi connectivity index (χ4v) is 17.3. The van der Waals surface area contributed by atoms with Crippen molar-refractivity contribution in [3.8, 4) is 11.5 Å². The van der Waals surface area contributed by atoms with Crippen LogP contribution in [-0.2, 0) is 19.2 Å². The van der Waals surface area contributed by atoms with E-state index in [0.717, 1.165) is 119 Å². The van der Waals surface area contributed by atoms with E-state index < -0.39 is 33.0 Å². The lowest BCUT2D eigenvalue weighted by molar-refractivity contribution is -0.363. The van der Waals surface area contributed by atoms with Gasteiger partial charge in [0, 0.05) is 24.9 Å². The first-order chi connectivity index (χ1) is 34.0. The van der Waals surface area contributed by atoms with Crippen LogP contribution in [0.25, 0.3) is 23.3 Å². The zero-order valence-electron chi connectivity index (χ0n) is 41.0. The Morgan fingerprint density at radius 2 is 0.972 bits per heavy atom. The number of nitrogens with one attached hydrogen (secondary N) is 2. The van der Waals surface area contributed by atoms with Gasteiger partial charge in [-0.25, -0.2) is 0 Å². The summed E-state index contributed by atoms with van der Waals surface area (Å²) >= 11 is 0. The summed E-state index contributed by atoms with van der Waals surface area (Å²) in [7, 11) is 0. The second kappa shape index (κ2) is 13.1. The summed E-state index contributed by atoms with van der Waals surface area (Å²) in [5.41, 5.74) is 1.94. The smallest absolute Gasteiger partial charge is 0.253 e. The molecule has 366 valence electrons. The summed E-state index contributed by atoms with van der Waals surface area (Å²) in [6, 6.07) is 7.89. The monoisotopic (exact) mass is 956 g/mol. The van der Waals surface area contributed by atoms with Gasteiger partial charge >= 0.3 is 0 Å². The summed E-state index contributed by atoms with van der Waals surface area (Å²) in [6.45, 7) is 9.54. The van der Waals surface area contributed by atoms with Gasteiger partial charge in [-0.05, 0) is 178 Å². The number of carbonyl (C=O) groups excluding carboxylic acids is 4. The highest BCUT2D eigenvalue weighted by Crippen LogP contribution is 2.63. The van der Waals surface area contributed by atoms with Crippen LogP contribution in [-0.4, -0.2) is 101 Å². The molecule has 2 saturated carbocycles. The molecule has 4 aliphatic carbocycles. The lowest BCUT2D eigenvalue weighted by atomic mass is 9.51. The largest absolute Gasteiger partial charge is 0.618 e. The van der Waals surface area contributed by atoms with Crippen molar-refractivity contribution in [2.75, 3.05) is 13.1 Å². The van der Waals surface area contributed by atoms with E-state index in [2.05, 4.69) is 62.6 Å². The Morgan fingerprint density at radius 3 is 1.39 bits per heavy atom. The first kappa shape index (κ1) is 42.5. The summed E-state index contributed by atoms with van der Waals surface area (Å²) in [5, 5.41) is 34.5. The van der Waals surface area contributed by atoms with Gasteiger partial charge in [0.25, 0.3) is 11.8 Å². The number of amides is 4. The number of piperazine rings is 2. The molecular formula is C57H60N6O8. The van der Waals surface area contributed by atoms with Gasteiger partial charge in [-0.2, -0.15) is 9.48 Å². The third-order valence-corrected chi connectivity index (χ3v) is 20.7. The van der Waals surface area contributed by atoms with Crippen LogP contribution in [0.15, 0.2) is 48.6 Å². The van der Waals surface area contributed by atoms with E-state index >= 15 is 0 Å². The second-order valence-corrected chi connectivity index (χ2v) is 24.7. The maximum atomic E-state index is 14.1. The molecule has 14 heteroatoms. The molecule has 4 amide bonds. The standard InChI is InChI=1S/C29H31N3O4.C28H29N3O4/c1-26(2)21-16-28-12-6-14-31(28)25(34)29(21,30-24(28)33)15-19-17-7-8-20-18(22(17)32(35)23(19)26)9-13-27(36-20)10-4-3-5-11-27;1-25(2)20-15-27-11-5-13-30(27)24(33)28(20,29-23(27)32)14-18-16-6-7-19-17(21(16)31(34)22(18)25)8-12-26(35-19)9-3-4-10-26/h7-9,13,15,21H,3-6,10-12,14,16H2,1-2H3,(H,30,33);6-8,12,14,20H,3-5,9-11,13,15H2,1-2H3,(H,29,32)/t21?,28-,29-;20?,27-,28-/m00/s1. The molecule has 4 bridgehead atoms. The number of rotatable bonds is 0. The molecule has 14 nitrogen and oxygen atoms in total. The van der Waals surface area contributed by atoms with E-state index in [1.165, 1.54) is 6.42 Å². The van der Waals surface area contributed by atoms with E-state index in [1.807, 2.05) is 46.2 Å². The molecule has 12 aliphatic heterocycles. The first-order valence-corrected chi connectivity index (χ1v) is 26.5.